The molecule has 1 saturated heterocycles. The number of halogens is 2. The molecule has 0 spiro atoms. The van der Waals surface area contributed by atoms with Gasteiger partial charge in [-0.15, -0.1) is 10.2 Å². The summed E-state index contributed by atoms with van der Waals surface area (Å²) < 4.78 is 1.90. The first-order valence-corrected chi connectivity index (χ1v) is 8.90. The Morgan fingerprint density at radius 1 is 1.16 bits per heavy atom. The molecule has 0 atom stereocenters. The second-order valence-corrected chi connectivity index (χ2v) is 7.50. The third-order valence-corrected chi connectivity index (χ3v) is 5.52. The van der Waals surface area contributed by atoms with E-state index in [9.17, 15) is 0 Å². The quantitative estimate of drug-likeness (QED) is 0.741. The van der Waals surface area contributed by atoms with E-state index in [4.69, 9.17) is 28.9 Å². The summed E-state index contributed by atoms with van der Waals surface area (Å²) in [5.41, 5.74) is 7.56. The zero-order valence-electron chi connectivity index (χ0n) is 13.8. The summed E-state index contributed by atoms with van der Waals surface area (Å²) in [6, 6.07) is 5.48. The van der Waals surface area contributed by atoms with Crippen LogP contribution in [0.1, 0.15) is 19.8 Å². The zero-order chi connectivity index (χ0) is 17.6. The van der Waals surface area contributed by atoms with E-state index in [1.807, 2.05) is 22.7 Å². The Labute approximate surface area is 155 Å². The fourth-order valence-corrected chi connectivity index (χ4v) is 3.51. The first-order chi connectivity index (χ1) is 12.0. The second kappa shape index (κ2) is 6.12. The zero-order valence-corrected chi connectivity index (χ0v) is 15.3. The fraction of sp³-hybridized carbons (Fsp3) is 0.353. The van der Waals surface area contributed by atoms with Crippen LogP contribution in [0.15, 0.2) is 30.6 Å². The molecule has 0 unspecified atom stereocenters. The Morgan fingerprint density at radius 2 is 1.92 bits per heavy atom. The fourth-order valence-electron chi connectivity index (χ4n) is 3.13. The normalized spacial score (nSPS) is 17.2. The molecule has 3 heterocycles. The summed E-state index contributed by atoms with van der Waals surface area (Å²) in [5, 5.41) is 9.64. The van der Waals surface area contributed by atoms with Crippen molar-refractivity contribution in [3.63, 3.8) is 0 Å². The third kappa shape index (κ3) is 2.94. The van der Waals surface area contributed by atoms with Crippen molar-refractivity contribution in [1.29, 1.82) is 0 Å². The molecule has 0 amide bonds. The van der Waals surface area contributed by atoms with Crippen molar-refractivity contribution in [1.82, 2.24) is 19.6 Å². The first-order valence-electron chi connectivity index (χ1n) is 8.14. The van der Waals surface area contributed by atoms with Gasteiger partial charge in [0.15, 0.2) is 11.6 Å². The van der Waals surface area contributed by atoms with Crippen LogP contribution in [0.25, 0.3) is 17.0 Å². The van der Waals surface area contributed by atoms with Crippen LogP contribution in [0, 0.1) is 0 Å². The second-order valence-electron chi connectivity index (χ2n) is 6.71. The number of nitrogens with two attached hydrogens (primary N) is 1. The van der Waals surface area contributed by atoms with Gasteiger partial charge in [0, 0.05) is 36.6 Å². The monoisotopic (exact) mass is 376 g/mol. The number of piperidine rings is 1. The van der Waals surface area contributed by atoms with Crippen LogP contribution in [0.5, 0.6) is 0 Å². The molecule has 2 N–H and O–H groups in total. The van der Waals surface area contributed by atoms with Crippen molar-refractivity contribution in [3.05, 3.63) is 40.6 Å². The molecule has 6 nitrogen and oxygen atoms in total. The molecule has 3 aromatic rings. The van der Waals surface area contributed by atoms with Gasteiger partial charge in [-0.3, -0.25) is 4.40 Å². The van der Waals surface area contributed by atoms with Gasteiger partial charge in [-0.2, -0.15) is 0 Å². The first kappa shape index (κ1) is 16.6. The maximum absolute atomic E-state index is 6.35. The van der Waals surface area contributed by atoms with E-state index in [0.717, 1.165) is 37.3 Å². The molecule has 1 aliphatic heterocycles. The summed E-state index contributed by atoms with van der Waals surface area (Å²) in [4.78, 5) is 6.74. The van der Waals surface area contributed by atoms with Gasteiger partial charge >= 0.3 is 0 Å². The summed E-state index contributed by atoms with van der Waals surface area (Å²) >= 11 is 12.5. The molecule has 0 saturated carbocycles. The lowest BCUT2D eigenvalue weighted by Crippen LogP contribution is -2.48. The lowest BCUT2D eigenvalue weighted by Gasteiger charge is -2.37. The highest BCUT2D eigenvalue weighted by atomic mass is 35.5. The number of anilines is 1. The number of rotatable bonds is 2. The molecule has 130 valence electrons. The molecule has 25 heavy (non-hydrogen) atoms. The van der Waals surface area contributed by atoms with Crippen molar-refractivity contribution >= 4 is 34.7 Å². The molecule has 4 rings (SSSR count). The smallest absolute Gasteiger partial charge is 0.204 e. The van der Waals surface area contributed by atoms with Crippen LogP contribution >= 0.6 is 23.2 Å². The number of aromatic nitrogens is 4. The van der Waals surface area contributed by atoms with Gasteiger partial charge in [0.05, 0.1) is 10.0 Å². The SMILES string of the molecule is CC1(N)CCN(c2nccn3c(-c4cccc(Cl)c4Cl)nnc23)CC1. The standard InChI is InChI=1S/C17H18Cl2N6/c1-17(20)5-8-24(9-6-17)15-16-23-22-14(25(16)10-7-21-15)11-3-2-4-12(18)13(11)19/h2-4,7,10H,5-6,8-9,20H2,1H3. The Morgan fingerprint density at radius 3 is 2.68 bits per heavy atom. The van der Waals surface area contributed by atoms with Crippen molar-refractivity contribution < 1.29 is 0 Å². The van der Waals surface area contributed by atoms with Gasteiger partial charge in [0.25, 0.3) is 0 Å². The van der Waals surface area contributed by atoms with E-state index in [0.29, 0.717) is 21.5 Å². The van der Waals surface area contributed by atoms with Crippen LogP contribution in [-0.2, 0) is 0 Å². The van der Waals surface area contributed by atoms with E-state index in [1.165, 1.54) is 0 Å². The van der Waals surface area contributed by atoms with E-state index < -0.39 is 0 Å². The number of hydrogen-bond acceptors (Lipinski definition) is 5. The Bertz CT molecular complexity index is 926. The topological polar surface area (TPSA) is 72.3 Å². The molecule has 8 heteroatoms. The molecular formula is C17H18Cl2N6. The maximum Gasteiger partial charge on any atom is 0.204 e. The van der Waals surface area contributed by atoms with Crippen LogP contribution in [0.2, 0.25) is 10.0 Å². The summed E-state index contributed by atoms with van der Waals surface area (Å²) in [6.45, 7) is 3.79. The Hall–Kier alpha value is -1.89. The van der Waals surface area contributed by atoms with E-state index >= 15 is 0 Å². The summed E-state index contributed by atoms with van der Waals surface area (Å²) in [5.74, 6) is 1.46. The Balaban J connectivity index is 1.78. The lowest BCUT2D eigenvalue weighted by molar-refractivity contribution is 0.363. The van der Waals surface area contributed by atoms with Gasteiger partial charge in [-0.05, 0) is 31.9 Å². The summed E-state index contributed by atoms with van der Waals surface area (Å²) in [6.07, 6.45) is 5.42. The number of hydrogen-bond donors (Lipinski definition) is 1. The van der Waals surface area contributed by atoms with E-state index in [2.05, 4.69) is 27.0 Å². The van der Waals surface area contributed by atoms with Crippen LogP contribution in [-0.4, -0.2) is 38.2 Å². The molecule has 1 fully saturated rings. The highest BCUT2D eigenvalue weighted by Crippen LogP contribution is 2.34. The minimum atomic E-state index is -0.116. The van der Waals surface area contributed by atoms with Gasteiger partial charge in [0.1, 0.15) is 0 Å². The van der Waals surface area contributed by atoms with Crippen molar-refractivity contribution in [2.24, 2.45) is 5.73 Å². The van der Waals surface area contributed by atoms with Crippen molar-refractivity contribution in [3.8, 4) is 11.4 Å². The van der Waals surface area contributed by atoms with Crippen LogP contribution in [0.3, 0.4) is 0 Å². The lowest BCUT2D eigenvalue weighted by atomic mass is 9.91. The molecule has 0 bridgehead atoms. The maximum atomic E-state index is 6.35. The average molecular weight is 377 g/mol. The molecule has 1 aromatic carbocycles. The van der Waals surface area contributed by atoms with Gasteiger partial charge in [-0.25, -0.2) is 4.98 Å². The number of fused-ring (bicyclic) bond motifs is 1. The minimum Gasteiger partial charge on any atom is -0.353 e. The van der Waals surface area contributed by atoms with Crippen LogP contribution in [0.4, 0.5) is 5.82 Å². The molecule has 1 aliphatic rings. The van der Waals surface area contributed by atoms with Crippen LogP contribution < -0.4 is 10.6 Å². The highest BCUT2D eigenvalue weighted by Gasteiger charge is 2.28. The van der Waals surface area contributed by atoms with Gasteiger partial charge in [0.2, 0.25) is 5.65 Å². The minimum absolute atomic E-state index is 0.116. The van der Waals surface area contributed by atoms with Gasteiger partial charge in [-0.1, -0.05) is 29.3 Å². The number of benzene rings is 1. The Kier molecular flexibility index (Phi) is 4.06. The molecular weight excluding hydrogens is 359 g/mol. The van der Waals surface area contributed by atoms with E-state index in [1.54, 1.807) is 12.3 Å². The van der Waals surface area contributed by atoms with E-state index in [-0.39, 0.29) is 5.54 Å². The van der Waals surface area contributed by atoms with Crippen molar-refractivity contribution in [2.45, 2.75) is 25.3 Å². The molecule has 0 radical (unpaired) electrons. The molecule has 0 aliphatic carbocycles. The summed E-state index contributed by atoms with van der Waals surface area (Å²) in [7, 11) is 0. The van der Waals surface area contributed by atoms with Crippen molar-refractivity contribution in [2.75, 3.05) is 18.0 Å². The molecule has 2 aromatic heterocycles. The van der Waals surface area contributed by atoms with Gasteiger partial charge < -0.3 is 10.6 Å². The third-order valence-electron chi connectivity index (χ3n) is 4.71. The number of nitrogens with zero attached hydrogens (tertiary/aromatic N) is 5. The average Bonchev–Trinajstić information content (AvgIpc) is 3.01. The highest BCUT2D eigenvalue weighted by molar-refractivity contribution is 6.43. The largest absolute Gasteiger partial charge is 0.353 e. The predicted molar refractivity (Wildman–Crippen MR) is 100 cm³/mol. The predicted octanol–water partition coefficient (Wildman–Crippen LogP) is 3.42.